The largest absolute Gasteiger partial charge is 0.324 e. The van der Waals surface area contributed by atoms with E-state index in [0.29, 0.717) is 5.82 Å². The average Bonchev–Trinajstić information content (AvgIpc) is 2.44. The minimum Gasteiger partial charge on any atom is -0.305 e. The molecule has 2 aromatic rings. The molecule has 0 aliphatic rings. The van der Waals surface area contributed by atoms with E-state index >= 15 is 0 Å². The summed E-state index contributed by atoms with van der Waals surface area (Å²) >= 11 is 3.21. The summed E-state index contributed by atoms with van der Waals surface area (Å²) in [6.07, 6.45) is 1.51. The van der Waals surface area contributed by atoms with E-state index in [1.807, 2.05) is 0 Å². The third-order valence-electron chi connectivity index (χ3n) is 2.40. The molecule has 7 heteroatoms. The minimum atomic E-state index is -0.731. The SMILES string of the molecule is O=C(Nc1ccc(Br)cn1)Nc1cc(CF)ccc1F. The third kappa shape index (κ3) is 3.74. The summed E-state index contributed by atoms with van der Waals surface area (Å²) in [5, 5.41) is 4.74. The summed E-state index contributed by atoms with van der Waals surface area (Å²) in [5.74, 6) is -0.325. The van der Waals surface area contributed by atoms with Crippen LogP contribution < -0.4 is 10.6 Å². The standard InChI is InChI=1S/C13H10BrF2N3O/c14-9-2-4-12(17-7-9)19-13(20)18-11-5-8(6-15)1-3-10(11)16/h1-5,7H,6H2,(H2,17,18,19,20). The molecule has 0 aliphatic carbocycles. The van der Waals surface area contributed by atoms with Crippen molar-refractivity contribution >= 4 is 33.5 Å². The highest BCUT2D eigenvalue weighted by Crippen LogP contribution is 2.17. The van der Waals surface area contributed by atoms with E-state index in [1.165, 1.54) is 18.3 Å². The van der Waals surface area contributed by atoms with Crippen molar-refractivity contribution in [2.75, 3.05) is 10.6 Å². The van der Waals surface area contributed by atoms with Crippen LogP contribution in [0.4, 0.5) is 25.1 Å². The fourth-order valence-corrected chi connectivity index (χ4v) is 1.71. The van der Waals surface area contributed by atoms with Crippen LogP contribution in [0.25, 0.3) is 0 Å². The summed E-state index contributed by atoms with van der Waals surface area (Å²) in [6.45, 7) is -0.731. The average molecular weight is 342 g/mol. The molecule has 0 saturated carbocycles. The molecule has 0 atom stereocenters. The molecule has 2 amide bonds. The quantitative estimate of drug-likeness (QED) is 0.883. The van der Waals surface area contributed by atoms with Crippen molar-refractivity contribution in [1.29, 1.82) is 0 Å². The smallest absolute Gasteiger partial charge is 0.305 e. The van der Waals surface area contributed by atoms with Gasteiger partial charge >= 0.3 is 6.03 Å². The number of amides is 2. The number of halogens is 3. The van der Waals surface area contributed by atoms with Crippen LogP contribution in [-0.2, 0) is 6.67 Å². The molecule has 2 rings (SSSR count). The second-order valence-electron chi connectivity index (χ2n) is 3.89. The number of rotatable bonds is 3. The number of nitrogens with zero attached hydrogens (tertiary/aromatic N) is 1. The lowest BCUT2D eigenvalue weighted by Crippen LogP contribution is -2.20. The number of hydrogen-bond donors (Lipinski definition) is 2. The van der Waals surface area contributed by atoms with Crippen LogP contribution in [0.3, 0.4) is 0 Å². The number of nitrogens with one attached hydrogen (secondary N) is 2. The van der Waals surface area contributed by atoms with Crippen LogP contribution in [0.15, 0.2) is 41.0 Å². The van der Waals surface area contributed by atoms with Crippen molar-refractivity contribution in [1.82, 2.24) is 4.98 Å². The van der Waals surface area contributed by atoms with E-state index in [1.54, 1.807) is 12.1 Å². The number of carbonyl (C=O) groups is 1. The molecule has 0 fully saturated rings. The van der Waals surface area contributed by atoms with Gasteiger partial charge in [0.25, 0.3) is 0 Å². The molecule has 0 spiro atoms. The molecule has 1 heterocycles. The van der Waals surface area contributed by atoms with Crippen molar-refractivity contribution in [2.24, 2.45) is 0 Å². The Hall–Kier alpha value is -2.02. The molecule has 0 aliphatic heterocycles. The van der Waals surface area contributed by atoms with Crippen LogP contribution in [0, 0.1) is 5.82 Å². The first-order chi connectivity index (χ1) is 9.58. The monoisotopic (exact) mass is 341 g/mol. The van der Waals surface area contributed by atoms with Crippen LogP contribution in [0.5, 0.6) is 0 Å². The van der Waals surface area contributed by atoms with Crippen LogP contribution in [-0.4, -0.2) is 11.0 Å². The van der Waals surface area contributed by atoms with E-state index in [2.05, 4.69) is 31.5 Å². The normalized spacial score (nSPS) is 10.2. The van der Waals surface area contributed by atoms with Gasteiger partial charge in [0.2, 0.25) is 0 Å². The Morgan fingerprint density at radius 1 is 1.25 bits per heavy atom. The van der Waals surface area contributed by atoms with Gasteiger partial charge in [-0.2, -0.15) is 0 Å². The zero-order valence-electron chi connectivity index (χ0n) is 10.2. The molecule has 104 valence electrons. The molecule has 2 N–H and O–H groups in total. The maximum absolute atomic E-state index is 13.5. The topological polar surface area (TPSA) is 54.0 Å². The Labute approximate surface area is 122 Å². The van der Waals surface area contributed by atoms with Gasteiger partial charge in [0.1, 0.15) is 18.3 Å². The van der Waals surface area contributed by atoms with Crippen molar-refractivity contribution < 1.29 is 13.6 Å². The third-order valence-corrected chi connectivity index (χ3v) is 2.87. The summed E-state index contributed by atoms with van der Waals surface area (Å²) in [4.78, 5) is 15.6. The highest BCUT2D eigenvalue weighted by Gasteiger charge is 2.08. The number of hydrogen-bond acceptors (Lipinski definition) is 2. The van der Waals surface area contributed by atoms with Gasteiger partial charge in [0, 0.05) is 10.7 Å². The molecule has 1 aromatic carbocycles. The van der Waals surface area contributed by atoms with E-state index < -0.39 is 18.5 Å². The molecular weight excluding hydrogens is 332 g/mol. The van der Waals surface area contributed by atoms with Gasteiger partial charge < -0.3 is 5.32 Å². The summed E-state index contributed by atoms with van der Waals surface area (Å²) in [6, 6.07) is 6.28. The van der Waals surface area contributed by atoms with E-state index in [4.69, 9.17) is 0 Å². The van der Waals surface area contributed by atoms with E-state index in [-0.39, 0.29) is 11.3 Å². The zero-order valence-corrected chi connectivity index (χ0v) is 11.7. The predicted octanol–water partition coefficient (Wildman–Crippen LogP) is 4.10. The fourth-order valence-electron chi connectivity index (χ4n) is 1.47. The number of alkyl halides is 1. The van der Waals surface area contributed by atoms with Crippen LogP contribution >= 0.6 is 15.9 Å². The first-order valence-corrected chi connectivity index (χ1v) is 6.42. The highest BCUT2D eigenvalue weighted by atomic mass is 79.9. The van der Waals surface area contributed by atoms with Gasteiger partial charge in [-0.15, -0.1) is 0 Å². The fraction of sp³-hybridized carbons (Fsp3) is 0.0769. The molecular formula is C13H10BrF2N3O. The van der Waals surface area contributed by atoms with Crippen molar-refractivity contribution in [3.8, 4) is 0 Å². The van der Waals surface area contributed by atoms with Crippen molar-refractivity contribution in [2.45, 2.75) is 6.67 Å². The molecule has 0 saturated heterocycles. The maximum Gasteiger partial charge on any atom is 0.324 e. The Morgan fingerprint density at radius 3 is 2.70 bits per heavy atom. The molecule has 0 bridgehead atoms. The Morgan fingerprint density at radius 2 is 2.05 bits per heavy atom. The van der Waals surface area contributed by atoms with Crippen molar-refractivity contribution in [3.63, 3.8) is 0 Å². The second-order valence-corrected chi connectivity index (χ2v) is 4.80. The maximum atomic E-state index is 13.5. The molecule has 20 heavy (non-hydrogen) atoms. The number of pyridine rings is 1. The van der Waals surface area contributed by atoms with Crippen LogP contribution in [0.2, 0.25) is 0 Å². The predicted molar refractivity (Wildman–Crippen MR) is 75.8 cm³/mol. The number of urea groups is 1. The first kappa shape index (κ1) is 14.4. The summed E-state index contributed by atoms with van der Waals surface area (Å²) in [7, 11) is 0. The van der Waals surface area contributed by atoms with Gasteiger partial charge in [-0.05, 0) is 45.8 Å². The number of benzene rings is 1. The highest BCUT2D eigenvalue weighted by molar-refractivity contribution is 9.10. The van der Waals surface area contributed by atoms with Gasteiger partial charge in [0.15, 0.2) is 0 Å². The van der Waals surface area contributed by atoms with Gasteiger partial charge in [-0.1, -0.05) is 6.07 Å². The number of carbonyl (C=O) groups excluding carboxylic acids is 1. The lowest BCUT2D eigenvalue weighted by atomic mass is 10.2. The van der Waals surface area contributed by atoms with Crippen LogP contribution in [0.1, 0.15) is 5.56 Å². The van der Waals surface area contributed by atoms with Gasteiger partial charge in [-0.25, -0.2) is 18.6 Å². The number of anilines is 2. The summed E-state index contributed by atoms with van der Waals surface area (Å²) < 4.78 is 26.7. The van der Waals surface area contributed by atoms with Crippen molar-refractivity contribution in [3.05, 3.63) is 52.4 Å². The number of aromatic nitrogens is 1. The lowest BCUT2D eigenvalue weighted by molar-refractivity contribution is 0.262. The molecule has 1 aromatic heterocycles. The summed E-state index contributed by atoms with van der Waals surface area (Å²) in [5.41, 5.74) is 0.193. The molecule has 0 radical (unpaired) electrons. The van der Waals surface area contributed by atoms with Gasteiger partial charge in [0.05, 0.1) is 5.69 Å². The van der Waals surface area contributed by atoms with Gasteiger partial charge in [-0.3, -0.25) is 5.32 Å². The second kappa shape index (κ2) is 6.42. The Kier molecular flexibility index (Phi) is 4.62. The first-order valence-electron chi connectivity index (χ1n) is 5.62. The Balaban J connectivity index is 2.06. The minimum absolute atomic E-state index is 0.0882. The Bertz CT molecular complexity index is 620. The molecule has 0 unspecified atom stereocenters. The molecule has 4 nitrogen and oxygen atoms in total. The van der Waals surface area contributed by atoms with E-state index in [9.17, 15) is 13.6 Å². The lowest BCUT2D eigenvalue weighted by Gasteiger charge is -2.08. The van der Waals surface area contributed by atoms with E-state index in [0.717, 1.165) is 10.5 Å². The zero-order chi connectivity index (χ0) is 14.5.